The van der Waals surface area contributed by atoms with E-state index in [1.54, 1.807) is 0 Å². The van der Waals surface area contributed by atoms with Crippen LogP contribution in [0.25, 0.3) is 22.4 Å². The fourth-order valence-corrected chi connectivity index (χ4v) is 10.9. The van der Waals surface area contributed by atoms with Gasteiger partial charge in [-0.05, 0) is 82.3 Å². The van der Waals surface area contributed by atoms with E-state index >= 15 is 0 Å². The van der Waals surface area contributed by atoms with Gasteiger partial charge in [-0.25, -0.2) is 6.08 Å². The summed E-state index contributed by atoms with van der Waals surface area (Å²) in [4.78, 5) is 4.95. The Bertz CT molecular complexity index is 2940. The molecular weight excluding hydrogens is 996 g/mol. The molecule has 8 aromatic rings. The molecule has 2 unspecified atom stereocenters. The second-order valence-corrected chi connectivity index (χ2v) is 19.3. The van der Waals surface area contributed by atoms with Crippen molar-refractivity contribution < 1.29 is 26.9 Å². The molecule has 0 bridgehead atoms. The Labute approximate surface area is 414 Å². The first-order valence-corrected chi connectivity index (χ1v) is 24.0. The Kier molecular flexibility index (Phi) is 13.2. The predicted molar refractivity (Wildman–Crippen MR) is 279 cm³/mol. The van der Waals surface area contributed by atoms with E-state index < -0.39 is 0 Å². The number of benzene rings is 7. The zero-order valence-electron chi connectivity index (χ0n) is 40.0. The fraction of sp³-hybridized carbons (Fsp3) is 0.230. The molecule has 6 heteroatoms. The number of aromatic nitrogens is 2. The summed E-state index contributed by atoms with van der Waals surface area (Å²) < 4.78 is 4.64. The van der Waals surface area contributed by atoms with Gasteiger partial charge in [-0.3, -0.25) is 15.2 Å². The molecule has 0 saturated heterocycles. The maximum atomic E-state index is 3.84. The Morgan fingerprint density at radius 2 is 1.00 bits per heavy atom. The van der Waals surface area contributed by atoms with Gasteiger partial charge in [0.25, 0.3) is 6.33 Å². The summed E-state index contributed by atoms with van der Waals surface area (Å²) >= 11 is 0. The van der Waals surface area contributed by atoms with Gasteiger partial charge in [0, 0.05) is 51.2 Å². The van der Waals surface area contributed by atoms with E-state index in [1.165, 1.54) is 84.0 Å². The summed E-state index contributed by atoms with van der Waals surface area (Å²) in [5.41, 5.74) is 19.5. The van der Waals surface area contributed by atoms with Crippen LogP contribution in [0.4, 0.5) is 22.7 Å². The molecule has 0 amide bonds. The van der Waals surface area contributed by atoms with Gasteiger partial charge in [0.2, 0.25) is 6.71 Å². The smallest absolute Gasteiger partial charge is 0.269 e. The van der Waals surface area contributed by atoms with E-state index in [0.717, 1.165) is 0 Å². The first kappa shape index (κ1) is 46.0. The van der Waals surface area contributed by atoms with Crippen LogP contribution in [0.5, 0.6) is 0 Å². The molecule has 0 N–H and O–H groups in total. The SMILES string of the molecule is CC(C)c1cccc(C(C)C)c1-n1[c-][n+](-c2c(C(C)C)cccc2C(C)C)c2ccccc21.[Au].[C-]1=CC2C3B(c4ccccc4N(c4ccccc4)C3=C1)c1ccccc1N2c1ccccc1. The Morgan fingerprint density at radius 3 is 1.60 bits per heavy atom. The molecule has 1 aromatic heterocycles. The van der Waals surface area contributed by atoms with Crippen molar-refractivity contribution in [2.75, 3.05) is 9.80 Å². The summed E-state index contributed by atoms with van der Waals surface area (Å²) in [5, 5.41) is 0. The molecule has 0 fully saturated rings. The summed E-state index contributed by atoms with van der Waals surface area (Å²) in [5.74, 6) is 2.00. The monoisotopic (exact) mass is 1060 g/mol. The van der Waals surface area contributed by atoms with Crippen LogP contribution in [-0.2, 0) is 22.4 Å². The average Bonchev–Trinajstić information content (AvgIpc) is 3.73. The number of hydrogen-bond donors (Lipinski definition) is 0. The van der Waals surface area contributed by atoms with Crippen LogP contribution in [0, 0.1) is 12.4 Å². The van der Waals surface area contributed by atoms with E-state index in [2.05, 4.69) is 269 Å². The van der Waals surface area contributed by atoms with Crippen LogP contribution in [0.1, 0.15) is 101 Å². The fourth-order valence-electron chi connectivity index (χ4n) is 10.9. The van der Waals surface area contributed by atoms with Crippen LogP contribution in [0.3, 0.4) is 0 Å². The molecule has 67 heavy (non-hydrogen) atoms. The average molecular weight is 1060 g/mol. The first-order valence-electron chi connectivity index (χ1n) is 24.0. The molecule has 1 radical (unpaired) electrons. The largest absolute Gasteiger partial charge is 0.396 e. The normalized spacial score (nSPS) is 15.8. The van der Waals surface area contributed by atoms with Crippen LogP contribution >= 0.6 is 0 Å². The third kappa shape index (κ3) is 8.16. The van der Waals surface area contributed by atoms with Crippen LogP contribution in [0.2, 0.25) is 5.82 Å². The van der Waals surface area contributed by atoms with E-state index in [9.17, 15) is 0 Å². The Hall–Kier alpha value is -6.10. The second-order valence-electron chi connectivity index (χ2n) is 19.3. The third-order valence-electron chi connectivity index (χ3n) is 13.9. The molecule has 4 nitrogen and oxygen atoms in total. The van der Waals surface area contributed by atoms with E-state index in [0.29, 0.717) is 30.4 Å². The number of hydrogen-bond acceptors (Lipinski definition) is 2. The molecule has 2 aliphatic heterocycles. The summed E-state index contributed by atoms with van der Waals surface area (Å²) in [6.07, 6.45) is 11.8. The van der Waals surface area contributed by atoms with Gasteiger partial charge >= 0.3 is 0 Å². The maximum absolute atomic E-state index is 3.84. The van der Waals surface area contributed by atoms with E-state index in [-0.39, 0.29) is 34.2 Å². The summed E-state index contributed by atoms with van der Waals surface area (Å²) in [6, 6.07) is 61.8. The quantitative estimate of drug-likeness (QED) is 0.0856. The van der Waals surface area contributed by atoms with Crippen LogP contribution in [0.15, 0.2) is 188 Å². The molecule has 1 aliphatic carbocycles. The van der Waals surface area contributed by atoms with Crippen molar-refractivity contribution >= 4 is 51.4 Å². The molecule has 339 valence electrons. The first-order chi connectivity index (χ1) is 32.1. The number of nitrogens with zero attached hydrogens (tertiary/aromatic N) is 4. The minimum Gasteiger partial charge on any atom is -0.396 e. The zero-order valence-corrected chi connectivity index (χ0v) is 42.1. The topological polar surface area (TPSA) is 15.3 Å². The Morgan fingerprint density at radius 1 is 0.507 bits per heavy atom. The second kappa shape index (κ2) is 19.2. The van der Waals surface area contributed by atoms with E-state index in [1.807, 2.05) is 0 Å². The van der Waals surface area contributed by atoms with Crippen LogP contribution in [-0.4, -0.2) is 17.3 Å². The van der Waals surface area contributed by atoms with Crippen molar-refractivity contribution in [3.63, 3.8) is 0 Å². The minimum absolute atomic E-state index is 0. The van der Waals surface area contributed by atoms with Crippen molar-refractivity contribution in [2.45, 2.75) is 90.9 Å². The summed E-state index contributed by atoms with van der Waals surface area (Å²) in [6.45, 7) is 18.6. The number of imidazole rings is 1. The molecule has 11 rings (SSSR count). The van der Waals surface area contributed by atoms with Crippen molar-refractivity contribution in [1.82, 2.24) is 4.57 Å². The van der Waals surface area contributed by atoms with Crippen molar-refractivity contribution in [1.29, 1.82) is 0 Å². The molecule has 2 atom stereocenters. The third-order valence-corrected chi connectivity index (χ3v) is 13.9. The van der Waals surface area contributed by atoms with Gasteiger partial charge in [-0.2, -0.15) is 6.08 Å². The molecule has 7 aromatic carbocycles. The number of para-hydroxylation sites is 8. The van der Waals surface area contributed by atoms with Crippen molar-refractivity contribution in [2.24, 2.45) is 0 Å². The molecule has 0 saturated carbocycles. The number of allylic oxidation sites excluding steroid dienone is 2. The zero-order chi connectivity index (χ0) is 45.6. The van der Waals surface area contributed by atoms with Gasteiger partial charge in [-0.1, -0.05) is 206 Å². The number of fused-ring (bicyclic) bond motifs is 5. The van der Waals surface area contributed by atoms with Crippen LogP contribution < -0.4 is 25.3 Å². The van der Waals surface area contributed by atoms with Gasteiger partial charge < -0.3 is 9.80 Å². The van der Waals surface area contributed by atoms with Gasteiger partial charge in [0.05, 0.1) is 22.4 Å². The minimum atomic E-state index is 0. The van der Waals surface area contributed by atoms with Crippen molar-refractivity contribution in [3.05, 3.63) is 222 Å². The van der Waals surface area contributed by atoms with E-state index in [4.69, 9.17) is 0 Å². The number of anilines is 4. The molecule has 3 aliphatic rings. The molecular formula is C61H60AuBN4-. The van der Waals surface area contributed by atoms with Crippen molar-refractivity contribution in [3.8, 4) is 11.4 Å². The number of rotatable bonds is 8. The standard InChI is InChI=1S/C31H38N2.C30H22BN2.Au/c1-20(2)24-13-11-14-25(21(3)4)30(24)32-19-33(29-18-10-9-17-28(29)32)31-26(22(5)6)15-12-16-27(31)23(7)8;1-3-12-22(13-4-1)32-26-18-9-7-16-24(26)31-25-17-8-10-19-27(25)33(23-14-5-2-6-15-23)29-21-11-20-28(32)30(29)31;/h9-18,20-23H,1-8H3;1-10,12-21,28,30H;/q;-1;. The Balaban J connectivity index is 0.000000165. The molecule has 3 heterocycles. The summed E-state index contributed by atoms with van der Waals surface area (Å²) in [7, 11) is 0. The maximum Gasteiger partial charge on any atom is 0.269 e. The predicted octanol–water partition coefficient (Wildman–Crippen LogP) is 13.8. The molecule has 0 spiro atoms. The van der Waals surface area contributed by atoms with Gasteiger partial charge in [0.15, 0.2) is 0 Å². The van der Waals surface area contributed by atoms with Gasteiger partial charge in [0.1, 0.15) is 0 Å². The van der Waals surface area contributed by atoms with Gasteiger partial charge in [-0.15, -0.1) is 5.70 Å².